The molecule has 1 saturated carbocycles. The van der Waals surface area contributed by atoms with Gasteiger partial charge in [-0.05, 0) is 37.4 Å². The third-order valence-electron chi connectivity index (χ3n) is 3.05. The van der Waals surface area contributed by atoms with E-state index < -0.39 is 0 Å². The molecule has 1 N–H and O–H groups in total. The van der Waals surface area contributed by atoms with Gasteiger partial charge in [0.2, 0.25) is 0 Å². The maximum absolute atomic E-state index is 4.44. The Morgan fingerprint density at radius 1 is 1.50 bits per heavy atom. The summed E-state index contributed by atoms with van der Waals surface area (Å²) in [5.74, 6) is 0.810. The number of hydrogen-bond acceptors (Lipinski definition) is 2. The van der Waals surface area contributed by atoms with E-state index in [1.807, 2.05) is 12.3 Å². The molecule has 0 bridgehead atoms. The standard InChI is InChI=1S/C12H18N2/c1-2-13-12(10-6-5-7-10)11-8-3-4-9-14-11/h3-4,8-10,12-13H,2,5-7H2,1H3. The number of rotatable bonds is 4. The van der Waals surface area contributed by atoms with Gasteiger partial charge in [-0.15, -0.1) is 0 Å². The lowest BCUT2D eigenvalue weighted by Gasteiger charge is -2.33. The minimum atomic E-state index is 0.481. The second-order valence-corrected chi connectivity index (χ2v) is 3.98. The number of nitrogens with zero attached hydrogens (tertiary/aromatic N) is 1. The Bertz CT molecular complexity index is 267. The van der Waals surface area contributed by atoms with E-state index in [-0.39, 0.29) is 0 Å². The van der Waals surface area contributed by atoms with Crippen LogP contribution in [0.3, 0.4) is 0 Å². The SMILES string of the molecule is CCNC(c1ccccn1)C1CCC1. The lowest BCUT2D eigenvalue weighted by atomic mass is 9.78. The second-order valence-electron chi connectivity index (χ2n) is 3.98. The summed E-state index contributed by atoms with van der Waals surface area (Å²) >= 11 is 0. The van der Waals surface area contributed by atoms with Gasteiger partial charge in [-0.25, -0.2) is 0 Å². The van der Waals surface area contributed by atoms with Gasteiger partial charge in [0.05, 0.1) is 11.7 Å². The van der Waals surface area contributed by atoms with Gasteiger partial charge in [0, 0.05) is 6.20 Å². The summed E-state index contributed by atoms with van der Waals surface area (Å²) in [6.07, 6.45) is 5.99. The molecule has 0 aliphatic heterocycles. The fourth-order valence-electron chi connectivity index (χ4n) is 2.07. The van der Waals surface area contributed by atoms with Crippen LogP contribution in [0.5, 0.6) is 0 Å². The van der Waals surface area contributed by atoms with Crippen molar-refractivity contribution in [1.29, 1.82) is 0 Å². The molecule has 1 aliphatic rings. The van der Waals surface area contributed by atoms with Gasteiger partial charge in [-0.1, -0.05) is 19.4 Å². The molecule has 1 aromatic rings. The fraction of sp³-hybridized carbons (Fsp3) is 0.583. The predicted octanol–water partition coefficient (Wildman–Crippen LogP) is 2.53. The first-order valence-electron chi connectivity index (χ1n) is 5.56. The fourth-order valence-corrected chi connectivity index (χ4v) is 2.07. The van der Waals surface area contributed by atoms with Crippen LogP contribution in [-0.2, 0) is 0 Å². The molecule has 2 rings (SSSR count). The first-order valence-corrected chi connectivity index (χ1v) is 5.56. The molecule has 1 atom stereocenters. The van der Waals surface area contributed by atoms with E-state index in [4.69, 9.17) is 0 Å². The molecule has 1 unspecified atom stereocenters. The van der Waals surface area contributed by atoms with Crippen molar-refractivity contribution in [1.82, 2.24) is 10.3 Å². The summed E-state index contributed by atoms with van der Waals surface area (Å²) in [6, 6.07) is 6.67. The van der Waals surface area contributed by atoms with E-state index >= 15 is 0 Å². The van der Waals surface area contributed by atoms with E-state index in [1.165, 1.54) is 25.0 Å². The van der Waals surface area contributed by atoms with Crippen LogP contribution >= 0.6 is 0 Å². The third-order valence-corrected chi connectivity index (χ3v) is 3.05. The van der Waals surface area contributed by atoms with Crippen molar-refractivity contribution < 1.29 is 0 Å². The summed E-state index contributed by atoms with van der Waals surface area (Å²) in [5, 5.41) is 3.54. The Balaban J connectivity index is 2.09. The van der Waals surface area contributed by atoms with Crippen molar-refractivity contribution in [2.45, 2.75) is 32.2 Å². The van der Waals surface area contributed by atoms with Gasteiger partial charge < -0.3 is 5.32 Å². The molecular weight excluding hydrogens is 172 g/mol. The number of nitrogens with one attached hydrogen (secondary N) is 1. The molecular formula is C12H18N2. The highest BCUT2D eigenvalue weighted by Crippen LogP contribution is 2.36. The molecule has 14 heavy (non-hydrogen) atoms. The van der Waals surface area contributed by atoms with Crippen LogP contribution in [-0.4, -0.2) is 11.5 Å². The largest absolute Gasteiger partial charge is 0.309 e. The molecule has 0 amide bonds. The van der Waals surface area contributed by atoms with Crippen LogP contribution < -0.4 is 5.32 Å². The zero-order valence-corrected chi connectivity index (χ0v) is 8.74. The molecule has 1 fully saturated rings. The van der Waals surface area contributed by atoms with E-state index in [2.05, 4.69) is 29.4 Å². The highest BCUT2D eigenvalue weighted by atomic mass is 14.9. The number of hydrogen-bond donors (Lipinski definition) is 1. The molecule has 2 heteroatoms. The summed E-state index contributed by atoms with van der Waals surface area (Å²) in [4.78, 5) is 4.44. The van der Waals surface area contributed by atoms with Crippen LogP contribution in [0.4, 0.5) is 0 Å². The van der Waals surface area contributed by atoms with E-state index in [0.717, 1.165) is 12.5 Å². The van der Waals surface area contributed by atoms with Gasteiger partial charge in [-0.2, -0.15) is 0 Å². The van der Waals surface area contributed by atoms with Crippen LogP contribution in [0.1, 0.15) is 37.9 Å². The third kappa shape index (κ3) is 1.95. The van der Waals surface area contributed by atoms with Crippen molar-refractivity contribution in [3.63, 3.8) is 0 Å². The monoisotopic (exact) mass is 190 g/mol. The topological polar surface area (TPSA) is 24.9 Å². The maximum Gasteiger partial charge on any atom is 0.0576 e. The first kappa shape index (κ1) is 9.66. The summed E-state index contributed by atoms with van der Waals surface area (Å²) in [7, 11) is 0. The summed E-state index contributed by atoms with van der Waals surface area (Å²) < 4.78 is 0. The highest BCUT2D eigenvalue weighted by Gasteiger charge is 2.28. The lowest BCUT2D eigenvalue weighted by Crippen LogP contribution is -2.32. The zero-order valence-electron chi connectivity index (χ0n) is 8.74. The Morgan fingerprint density at radius 3 is 2.86 bits per heavy atom. The van der Waals surface area contributed by atoms with Crippen molar-refractivity contribution in [2.75, 3.05) is 6.54 Å². The maximum atomic E-state index is 4.44. The quantitative estimate of drug-likeness (QED) is 0.789. The van der Waals surface area contributed by atoms with E-state index in [0.29, 0.717) is 6.04 Å². The molecule has 0 aromatic carbocycles. The minimum absolute atomic E-state index is 0.481. The summed E-state index contributed by atoms with van der Waals surface area (Å²) in [6.45, 7) is 3.19. The van der Waals surface area contributed by atoms with Gasteiger partial charge in [0.25, 0.3) is 0 Å². The Kier molecular flexibility index (Phi) is 3.14. The Morgan fingerprint density at radius 2 is 2.36 bits per heavy atom. The van der Waals surface area contributed by atoms with Gasteiger partial charge in [-0.3, -0.25) is 4.98 Å². The number of aromatic nitrogens is 1. The Hall–Kier alpha value is -0.890. The van der Waals surface area contributed by atoms with Crippen molar-refractivity contribution in [3.05, 3.63) is 30.1 Å². The molecule has 0 saturated heterocycles. The Labute approximate surface area is 85.7 Å². The average Bonchev–Trinajstić information content (AvgIpc) is 2.16. The minimum Gasteiger partial charge on any atom is -0.309 e. The molecule has 1 aromatic heterocycles. The van der Waals surface area contributed by atoms with Gasteiger partial charge >= 0.3 is 0 Å². The highest BCUT2D eigenvalue weighted by molar-refractivity contribution is 5.10. The van der Waals surface area contributed by atoms with Crippen LogP contribution in [0.15, 0.2) is 24.4 Å². The average molecular weight is 190 g/mol. The van der Waals surface area contributed by atoms with Crippen molar-refractivity contribution >= 4 is 0 Å². The van der Waals surface area contributed by atoms with Gasteiger partial charge in [0.15, 0.2) is 0 Å². The molecule has 0 radical (unpaired) electrons. The van der Waals surface area contributed by atoms with Crippen molar-refractivity contribution in [2.24, 2.45) is 5.92 Å². The van der Waals surface area contributed by atoms with E-state index in [9.17, 15) is 0 Å². The molecule has 1 aliphatic carbocycles. The van der Waals surface area contributed by atoms with Crippen molar-refractivity contribution in [3.8, 4) is 0 Å². The molecule has 1 heterocycles. The first-order chi connectivity index (χ1) is 6.92. The summed E-state index contributed by atoms with van der Waals surface area (Å²) in [5.41, 5.74) is 1.21. The van der Waals surface area contributed by atoms with E-state index in [1.54, 1.807) is 0 Å². The molecule has 76 valence electrons. The van der Waals surface area contributed by atoms with Gasteiger partial charge in [0.1, 0.15) is 0 Å². The second kappa shape index (κ2) is 4.56. The smallest absolute Gasteiger partial charge is 0.0576 e. The number of pyridine rings is 1. The normalized spacial score (nSPS) is 18.9. The van der Waals surface area contributed by atoms with Crippen LogP contribution in [0.2, 0.25) is 0 Å². The zero-order chi connectivity index (χ0) is 9.80. The molecule has 0 spiro atoms. The predicted molar refractivity (Wildman–Crippen MR) is 58.0 cm³/mol. The lowest BCUT2D eigenvalue weighted by molar-refractivity contribution is 0.229. The van der Waals surface area contributed by atoms with Crippen LogP contribution in [0.25, 0.3) is 0 Å². The molecule has 2 nitrogen and oxygen atoms in total. The van der Waals surface area contributed by atoms with Crippen LogP contribution in [0, 0.1) is 5.92 Å².